The van der Waals surface area contributed by atoms with Crippen LogP contribution in [0.3, 0.4) is 0 Å². The van der Waals surface area contributed by atoms with Crippen molar-refractivity contribution in [3.05, 3.63) is 29.8 Å². The Morgan fingerprint density at radius 3 is 2.62 bits per heavy atom. The van der Waals surface area contributed by atoms with Crippen LogP contribution >= 0.6 is 0 Å². The molecule has 0 bridgehead atoms. The number of ether oxygens (including phenoxy) is 1. The van der Waals surface area contributed by atoms with Crippen molar-refractivity contribution >= 4 is 0 Å². The molecule has 0 spiro atoms. The third-order valence-corrected chi connectivity index (χ3v) is 3.82. The highest BCUT2D eigenvalue weighted by Gasteiger charge is 2.25. The van der Waals surface area contributed by atoms with Gasteiger partial charge in [-0.1, -0.05) is 26.8 Å². The fourth-order valence-electron chi connectivity index (χ4n) is 2.05. The molecule has 0 fully saturated rings. The Kier molecular flexibility index (Phi) is 6.19. The van der Waals surface area contributed by atoms with Gasteiger partial charge in [-0.05, 0) is 37.6 Å². The maximum Gasteiger partial charge on any atom is 0.120 e. The highest BCUT2D eigenvalue weighted by atomic mass is 16.5. The zero-order chi connectivity index (χ0) is 16.0. The quantitative estimate of drug-likeness (QED) is 0.875. The number of likely N-dealkylation sites (N-methyl/N-ethyl adjacent to an activating group) is 1. The molecule has 1 aromatic rings. The van der Waals surface area contributed by atoms with E-state index in [0.717, 1.165) is 0 Å². The zero-order valence-corrected chi connectivity index (χ0v) is 13.6. The van der Waals surface area contributed by atoms with Crippen molar-refractivity contribution < 1.29 is 9.84 Å². The Morgan fingerprint density at radius 2 is 2.05 bits per heavy atom. The van der Waals surface area contributed by atoms with Gasteiger partial charge in [0.15, 0.2) is 0 Å². The summed E-state index contributed by atoms with van der Waals surface area (Å²) in [7, 11) is 2.01. The van der Waals surface area contributed by atoms with Crippen LogP contribution < -0.4 is 4.74 Å². The van der Waals surface area contributed by atoms with Gasteiger partial charge in [-0.15, -0.1) is 0 Å². The molecule has 1 rings (SSSR count). The summed E-state index contributed by atoms with van der Waals surface area (Å²) >= 11 is 0. The predicted octanol–water partition coefficient (Wildman–Crippen LogP) is 2.66. The molecule has 1 N–H and O–H groups in total. The Labute approximate surface area is 128 Å². The lowest BCUT2D eigenvalue weighted by Gasteiger charge is -2.36. The minimum atomic E-state index is -0.564. The molecular formula is C17H26N2O2. The molecule has 0 saturated carbocycles. The Hall–Kier alpha value is -1.57. The van der Waals surface area contributed by atoms with E-state index in [-0.39, 0.29) is 12.0 Å². The third kappa shape index (κ3) is 5.74. The maximum atomic E-state index is 10.1. The predicted molar refractivity (Wildman–Crippen MR) is 84.2 cm³/mol. The minimum Gasteiger partial charge on any atom is -0.491 e. The van der Waals surface area contributed by atoms with Crippen LogP contribution in [-0.4, -0.2) is 42.4 Å². The lowest BCUT2D eigenvalue weighted by Crippen LogP contribution is -2.44. The molecule has 0 saturated heterocycles. The van der Waals surface area contributed by atoms with Crippen molar-refractivity contribution in [1.29, 1.82) is 5.26 Å². The molecular weight excluding hydrogens is 264 g/mol. The van der Waals surface area contributed by atoms with Gasteiger partial charge in [0.05, 0.1) is 11.6 Å². The first-order valence-corrected chi connectivity index (χ1v) is 7.25. The van der Waals surface area contributed by atoms with E-state index in [0.29, 0.717) is 23.9 Å². The summed E-state index contributed by atoms with van der Waals surface area (Å²) in [5, 5.41) is 18.9. The number of aliphatic hydroxyl groups is 1. The molecule has 0 amide bonds. The topological polar surface area (TPSA) is 56.5 Å². The summed E-state index contributed by atoms with van der Waals surface area (Å²) in [6.07, 6.45) is -0.564. The van der Waals surface area contributed by atoms with E-state index in [1.165, 1.54) is 0 Å². The Balaban J connectivity index is 2.47. The summed E-state index contributed by atoms with van der Waals surface area (Å²) in [6, 6.07) is 9.38. The van der Waals surface area contributed by atoms with Gasteiger partial charge in [0.25, 0.3) is 0 Å². The standard InChI is InChI=1S/C17H26N2O2/c1-13(17(2,3)4)19(5)11-15(20)12-21-16-8-6-7-14(9-16)10-18/h6-9,13,15,20H,11-12H2,1-5H3. The number of rotatable bonds is 6. The van der Waals surface area contributed by atoms with Crippen molar-refractivity contribution in [2.45, 2.75) is 39.8 Å². The van der Waals surface area contributed by atoms with Gasteiger partial charge in [0.2, 0.25) is 0 Å². The van der Waals surface area contributed by atoms with E-state index < -0.39 is 6.10 Å². The zero-order valence-electron chi connectivity index (χ0n) is 13.6. The normalized spacial score (nSPS) is 14.6. The van der Waals surface area contributed by atoms with E-state index in [4.69, 9.17) is 10.00 Å². The number of nitriles is 1. The molecule has 21 heavy (non-hydrogen) atoms. The summed E-state index contributed by atoms with van der Waals surface area (Å²) in [5.74, 6) is 0.611. The van der Waals surface area contributed by atoms with Crippen molar-refractivity contribution in [3.8, 4) is 11.8 Å². The van der Waals surface area contributed by atoms with E-state index in [1.807, 2.05) is 7.05 Å². The number of nitrogens with zero attached hydrogens (tertiary/aromatic N) is 2. The average molecular weight is 290 g/mol. The SMILES string of the molecule is CC(N(C)CC(O)COc1cccc(C#N)c1)C(C)(C)C. The van der Waals surface area contributed by atoms with Crippen LogP contribution in [0.5, 0.6) is 5.75 Å². The minimum absolute atomic E-state index is 0.163. The first-order valence-electron chi connectivity index (χ1n) is 7.25. The largest absolute Gasteiger partial charge is 0.491 e. The summed E-state index contributed by atoms with van der Waals surface area (Å²) in [5.41, 5.74) is 0.719. The Morgan fingerprint density at radius 1 is 1.38 bits per heavy atom. The molecule has 0 aliphatic heterocycles. The Bertz CT molecular complexity index is 488. The lowest BCUT2D eigenvalue weighted by atomic mass is 9.87. The van der Waals surface area contributed by atoms with Crippen LogP contribution in [0.2, 0.25) is 0 Å². The van der Waals surface area contributed by atoms with Gasteiger partial charge in [-0.3, -0.25) is 0 Å². The van der Waals surface area contributed by atoms with E-state index in [9.17, 15) is 5.11 Å². The van der Waals surface area contributed by atoms with Crippen LogP contribution in [0.25, 0.3) is 0 Å². The second-order valence-corrected chi connectivity index (χ2v) is 6.59. The molecule has 4 nitrogen and oxygen atoms in total. The summed E-state index contributed by atoms with van der Waals surface area (Å²) in [4.78, 5) is 2.14. The molecule has 2 unspecified atom stereocenters. The van der Waals surface area contributed by atoms with E-state index in [1.54, 1.807) is 24.3 Å². The third-order valence-electron chi connectivity index (χ3n) is 3.82. The second kappa shape index (κ2) is 7.44. The van der Waals surface area contributed by atoms with Crippen LogP contribution in [0.1, 0.15) is 33.3 Å². The van der Waals surface area contributed by atoms with Gasteiger partial charge in [0.1, 0.15) is 18.5 Å². The number of hydrogen-bond acceptors (Lipinski definition) is 4. The molecule has 116 valence electrons. The fourth-order valence-corrected chi connectivity index (χ4v) is 2.05. The first kappa shape index (κ1) is 17.5. The highest BCUT2D eigenvalue weighted by molar-refractivity contribution is 5.36. The van der Waals surface area contributed by atoms with Crippen LogP contribution in [0.4, 0.5) is 0 Å². The molecule has 0 radical (unpaired) electrons. The lowest BCUT2D eigenvalue weighted by molar-refractivity contribution is 0.0442. The fraction of sp³-hybridized carbons (Fsp3) is 0.588. The molecule has 0 aliphatic carbocycles. The van der Waals surface area contributed by atoms with Gasteiger partial charge in [-0.25, -0.2) is 0 Å². The number of aliphatic hydroxyl groups excluding tert-OH is 1. The van der Waals surface area contributed by atoms with Gasteiger partial charge in [0, 0.05) is 12.6 Å². The summed E-state index contributed by atoms with van der Waals surface area (Å²) in [6.45, 7) is 9.48. The van der Waals surface area contributed by atoms with Gasteiger partial charge in [-0.2, -0.15) is 5.26 Å². The van der Waals surface area contributed by atoms with Gasteiger partial charge < -0.3 is 14.7 Å². The molecule has 0 aromatic heterocycles. The van der Waals surface area contributed by atoms with Crippen molar-refractivity contribution in [1.82, 2.24) is 4.90 Å². The highest BCUT2D eigenvalue weighted by Crippen LogP contribution is 2.23. The van der Waals surface area contributed by atoms with Crippen molar-refractivity contribution in [2.75, 3.05) is 20.2 Å². The van der Waals surface area contributed by atoms with Gasteiger partial charge >= 0.3 is 0 Å². The average Bonchev–Trinajstić information content (AvgIpc) is 2.43. The monoisotopic (exact) mass is 290 g/mol. The molecule has 0 aliphatic rings. The second-order valence-electron chi connectivity index (χ2n) is 6.59. The molecule has 4 heteroatoms. The number of benzene rings is 1. The van der Waals surface area contributed by atoms with E-state index in [2.05, 4.69) is 38.7 Å². The molecule has 2 atom stereocenters. The number of hydrogen-bond donors (Lipinski definition) is 1. The van der Waals surface area contributed by atoms with Crippen LogP contribution in [-0.2, 0) is 0 Å². The molecule has 1 aromatic carbocycles. The van der Waals surface area contributed by atoms with Crippen LogP contribution in [0, 0.1) is 16.7 Å². The van der Waals surface area contributed by atoms with Crippen molar-refractivity contribution in [3.63, 3.8) is 0 Å². The maximum absolute atomic E-state index is 10.1. The van der Waals surface area contributed by atoms with Crippen LogP contribution in [0.15, 0.2) is 24.3 Å². The smallest absolute Gasteiger partial charge is 0.120 e. The first-order chi connectivity index (χ1) is 9.74. The van der Waals surface area contributed by atoms with E-state index >= 15 is 0 Å². The molecule has 0 heterocycles. The van der Waals surface area contributed by atoms with Crippen molar-refractivity contribution in [2.24, 2.45) is 5.41 Å². The summed E-state index contributed by atoms with van der Waals surface area (Å²) < 4.78 is 5.55.